The van der Waals surface area contributed by atoms with E-state index in [0.717, 1.165) is 45.3 Å². The summed E-state index contributed by atoms with van der Waals surface area (Å²) in [5, 5.41) is 6.28. The second kappa shape index (κ2) is 9.03. The summed E-state index contributed by atoms with van der Waals surface area (Å²) in [6, 6.07) is 5.56. The highest BCUT2D eigenvalue weighted by Crippen LogP contribution is 2.27. The molecule has 0 saturated carbocycles. The molecule has 2 aliphatic heterocycles. The van der Waals surface area contributed by atoms with Crippen molar-refractivity contribution in [2.24, 2.45) is 0 Å². The first-order chi connectivity index (χ1) is 12.7. The molecule has 2 N–H and O–H groups in total. The average Bonchev–Trinajstić information content (AvgIpc) is 3.16. The average molecular weight is 359 g/mol. The molecule has 3 rings (SSSR count). The number of carbonyl (C=O) groups is 2. The van der Waals surface area contributed by atoms with Crippen molar-refractivity contribution in [1.82, 2.24) is 10.2 Å². The van der Waals surface area contributed by atoms with Gasteiger partial charge in [0.2, 0.25) is 5.91 Å². The second-order valence-corrected chi connectivity index (χ2v) is 7.04. The summed E-state index contributed by atoms with van der Waals surface area (Å²) in [6.45, 7) is 5.00. The molecule has 0 spiro atoms. The van der Waals surface area contributed by atoms with Gasteiger partial charge in [0.25, 0.3) is 5.91 Å². The number of anilines is 1. The van der Waals surface area contributed by atoms with E-state index < -0.39 is 0 Å². The lowest BCUT2D eigenvalue weighted by molar-refractivity contribution is -0.116. The van der Waals surface area contributed by atoms with Gasteiger partial charge >= 0.3 is 0 Å². The fourth-order valence-corrected chi connectivity index (χ4v) is 3.68. The first-order valence-corrected chi connectivity index (χ1v) is 9.76. The Labute approximate surface area is 155 Å². The van der Waals surface area contributed by atoms with Crippen molar-refractivity contribution in [3.05, 3.63) is 23.8 Å². The highest BCUT2D eigenvalue weighted by atomic mass is 16.5. The zero-order chi connectivity index (χ0) is 18.4. The second-order valence-electron chi connectivity index (χ2n) is 7.04. The molecular formula is C20H29N3O3. The van der Waals surface area contributed by atoms with Crippen LogP contribution < -0.4 is 15.4 Å². The van der Waals surface area contributed by atoms with Crippen molar-refractivity contribution in [1.29, 1.82) is 0 Å². The molecule has 6 heteroatoms. The summed E-state index contributed by atoms with van der Waals surface area (Å²) in [4.78, 5) is 27.0. The number of rotatable bonds is 6. The maximum Gasteiger partial charge on any atom is 0.253 e. The van der Waals surface area contributed by atoms with E-state index in [1.165, 1.54) is 6.42 Å². The van der Waals surface area contributed by atoms with Crippen LogP contribution in [0.1, 0.15) is 55.8 Å². The van der Waals surface area contributed by atoms with Crippen molar-refractivity contribution in [2.75, 3.05) is 31.6 Å². The van der Waals surface area contributed by atoms with Gasteiger partial charge in [0.05, 0.1) is 12.3 Å². The molecule has 0 aliphatic carbocycles. The van der Waals surface area contributed by atoms with Gasteiger partial charge in [-0.25, -0.2) is 0 Å². The number of likely N-dealkylation sites (tertiary alicyclic amines) is 1. The van der Waals surface area contributed by atoms with Crippen LogP contribution in [0.5, 0.6) is 5.75 Å². The lowest BCUT2D eigenvalue weighted by Gasteiger charge is -2.27. The molecule has 1 unspecified atom stereocenters. The summed E-state index contributed by atoms with van der Waals surface area (Å²) >= 11 is 0. The Morgan fingerprint density at radius 1 is 1.23 bits per heavy atom. The fourth-order valence-electron chi connectivity index (χ4n) is 3.68. The quantitative estimate of drug-likeness (QED) is 0.819. The number of piperidine rings is 1. The Morgan fingerprint density at radius 3 is 2.73 bits per heavy atom. The monoisotopic (exact) mass is 359 g/mol. The van der Waals surface area contributed by atoms with Gasteiger partial charge in [-0.2, -0.15) is 0 Å². The Kier molecular flexibility index (Phi) is 6.50. The number of nitrogens with zero attached hydrogens (tertiary/aromatic N) is 1. The van der Waals surface area contributed by atoms with E-state index in [9.17, 15) is 9.59 Å². The molecule has 0 radical (unpaired) electrons. The summed E-state index contributed by atoms with van der Waals surface area (Å²) in [6.07, 6.45) is 5.88. The molecule has 0 bridgehead atoms. The summed E-state index contributed by atoms with van der Waals surface area (Å²) < 4.78 is 5.63. The minimum atomic E-state index is -0.0482. The minimum absolute atomic E-state index is 0.0284. The van der Waals surface area contributed by atoms with Crippen molar-refractivity contribution >= 4 is 17.5 Å². The Balaban J connectivity index is 1.72. The molecule has 2 fully saturated rings. The number of ether oxygens (including phenoxy) is 1. The number of nitrogens with one attached hydrogen (secondary N) is 2. The third kappa shape index (κ3) is 4.75. The smallest absolute Gasteiger partial charge is 0.253 e. The summed E-state index contributed by atoms with van der Waals surface area (Å²) in [5.41, 5.74) is 1.18. The lowest BCUT2D eigenvalue weighted by atomic mass is 10.1. The maximum absolute atomic E-state index is 12.7. The largest absolute Gasteiger partial charge is 0.492 e. The van der Waals surface area contributed by atoms with Crippen LogP contribution in [0, 0.1) is 0 Å². The number of amides is 2. The van der Waals surface area contributed by atoms with E-state index in [-0.39, 0.29) is 17.9 Å². The number of benzene rings is 1. The van der Waals surface area contributed by atoms with Gasteiger partial charge in [-0.1, -0.05) is 0 Å². The van der Waals surface area contributed by atoms with Crippen LogP contribution in [0.15, 0.2) is 18.2 Å². The van der Waals surface area contributed by atoms with Crippen LogP contribution in [0.3, 0.4) is 0 Å². The van der Waals surface area contributed by atoms with Gasteiger partial charge in [0.1, 0.15) is 5.75 Å². The van der Waals surface area contributed by atoms with Gasteiger partial charge in [-0.05, 0) is 63.8 Å². The van der Waals surface area contributed by atoms with E-state index in [1.807, 2.05) is 11.8 Å². The van der Waals surface area contributed by atoms with Crippen LogP contribution in [-0.2, 0) is 4.79 Å². The highest BCUT2D eigenvalue weighted by molar-refractivity contribution is 5.98. The van der Waals surface area contributed by atoms with Gasteiger partial charge in [-0.3, -0.25) is 9.59 Å². The standard InChI is InChI=1S/C20H29N3O3/c1-2-26-18-9-8-15(20(25)23-11-4-3-5-12-23)13-17(18)22-19(24)14-16-7-6-10-21-16/h8-9,13,16,21H,2-7,10-12,14H2,1H3,(H,22,24). The zero-order valence-corrected chi connectivity index (χ0v) is 15.6. The number of hydrogen-bond acceptors (Lipinski definition) is 4. The van der Waals surface area contributed by atoms with E-state index in [1.54, 1.807) is 18.2 Å². The molecule has 2 heterocycles. The Morgan fingerprint density at radius 2 is 2.04 bits per heavy atom. The van der Waals surface area contributed by atoms with Gasteiger partial charge in [0, 0.05) is 31.1 Å². The maximum atomic E-state index is 12.7. The van der Waals surface area contributed by atoms with Gasteiger partial charge in [0.15, 0.2) is 0 Å². The van der Waals surface area contributed by atoms with Gasteiger partial charge in [-0.15, -0.1) is 0 Å². The van der Waals surface area contributed by atoms with Crippen molar-refractivity contribution in [3.63, 3.8) is 0 Å². The fraction of sp³-hybridized carbons (Fsp3) is 0.600. The van der Waals surface area contributed by atoms with E-state index in [2.05, 4.69) is 10.6 Å². The predicted molar refractivity (Wildman–Crippen MR) is 102 cm³/mol. The molecule has 2 saturated heterocycles. The normalized spacial score (nSPS) is 20.0. The molecule has 1 aromatic rings. The van der Waals surface area contributed by atoms with Crippen LogP contribution in [-0.4, -0.2) is 49.0 Å². The predicted octanol–water partition coefficient (Wildman–Crippen LogP) is 2.79. The number of hydrogen-bond donors (Lipinski definition) is 2. The Bertz CT molecular complexity index is 635. The lowest BCUT2D eigenvalue weighted by Crippen LogP contribution is -2.35. The molecule has 2 aliphatic rings. The summed E-state index contributed by atoms with van der Waals surface area (Å²) in [5.74, 6) is 0.587. The van der Waals surface area contributed by atoms with Crippen LogP contribution >= 0.6 is 0 Å². The number of carbonyl (C=O) groups excluding carboxylic acids is 2. The molecule has 0 aromatic heterocycles. The first-order valence-electron chi connectivity index (χ1n) is 9.76. The molecule has 6 nitrogen and oxygen atoms in total. The molecule has 1 atom stereocenters. The van der Waals surface area contributed by atoms with E-state index in [0.29, 0.717) is 30.0 Å². The molecule has 1 aromatic carbocycles. The summed E-state index contributed by atoms with van der Waals surface area (Å²) in [7, 11) is 0. The SMILES string of the molecule is CCOc1ccc(C(=O)N2CCCCC2)cc1NC(=O)CC1CCCN1. The van der Waals surface area contributed by atoms with Gasteiger partial charge < -0.3 is 20.3 Å². The molecule has 2 amide bonds. The third-order valence-corrected chi connectivity index (χ3v) is 5.04. The molecular weight excluding hydrogens is 330 g/mol. The van der Waals surface area contributed by atoms with Crippen molar-refractivity contribution < 1.29 is 14.3 Å². The van der Waals surface area contributed by atoms with Crippen molar-refractivity contribution in [3.8, 4) is 5.75 Å². The van der Waals surface area contributed by atoms with Crippen molar-refractivity contribution in [2.45, 2.75) is 51.5 Å². The van der Waals surface area contributed by atoms with Crippen LogP contribution in [0.4, 0.5) is 5.69 Å². The molecule has 26 heavy (non-hydrogen) atoms. The van der Waals surface area contributed by atoms with Crippen LogP contribution in [0.2, 0.25) is 0 Å². The van der Waals surface area contributed by atoms with Crippen LogP contribution in [0.25, 0.3) is 0 Å². The minimum Gasteiger partial charge on any atom is -0.492 e. The Hall–Kier alpha value is -2.08. The van der Waals surface area contributed by atoms with E-state index >= 15 is 0 Å². The first kappa shape index (κ1) is 18.7. The highest BCUT2D eigenvalue weighted by Gasteiger charge is 2.21. The zero-order valence-electron chi connectivity index (χ0n) is 15.6. The van der Waals surface area contributed by atoms with E-state index in [4.69, 9.17) is 4.74 Å². The molecule has 142 valence electrons. The topological polar surface area (TPSA) is 70.7 Å². The third-order valence-electron chi connectivity index (χ3n) is 5.04.